The molecule has 0 radical (unpaired) electrons. The van der Waals surface area contributed by atoms with Crippen LogP contribution in [0.2, 0.25) is 0 Å². The maximum atomic E-state index is 15.7. The Kier molecular flexibility index (Phi) is 13.8. The molecule has 4 bridgehead atoms. The summed E-state index contributed by atoms with van der Waals surface area (Å²) in [6.45, 7) is -0.219. The number of aromatic hydroxyl groups is 2. The number of aliphatic hydroxyl groups excluding tert-OH is 3. The third-order valence-corrected chi connectivity index (χ3v) is 16.6. The van der Waals surface area contributed by atoms with Crippen molar-refractivity contribution >= 4 is 29.5 Å². The van der Waals surface area contributed by atoms with Crippen molar-refractivity contribution < 1.29 is 45.0 Å². The number of aromatic amines is 2. The molecule has 74 heavy (non-hydrogen) atoms. The van der Waals surface area contributed by atoms with Crippen LogP contribution in [0.25, 0.3) is 12.2 Å². The number of Topliss-reactive ketones (excluding diaryl/α,β-unsaturated/α-hetero) is 2. The van der Waals surface area contributed by atoms with Gasteiger partial charge >= 0.3 is 0 Å². The zero-order valence-electron chi connectivity index (χ0n) is 41.4. The monoisotopic (exact) mass is 995 g/mol. The molecule has 0 unspecified atom stereocenters. The van der Waals surface area contributed by atoms with Crippen LogP contribution in [0.15, 0.2) is 127 Å². The van der Waals surface area contributed by atoms with Gasteiger partial charge in [0.25, 0.3) is 0 Å². The second kappa shape index (κ2) is 20.7. The van der Waals surface area contributed by atoms with Gasteiger partial charge in [-0.1, -0.05) is 85.0 Å². The summed E-state index contributed by atoms with van der Waals surface area (Å²) in [5, 5.41) is 74.0. The van der Waals surface area contributed by atoms with Crippen LogP contribution in [-0.4, -0.2) is 83.1 Å². The van der Waals surface area contributed by atoms with E-state index in [2.05, 4.69) is 27.4 Å². The first kappa shape index (κ1) is 49.3. The number of H-pyrrole nitrogens is 2. The SMILES string of the molecule is O=C1CCc2cc(OC3CCCC3)c(O)c(c2)[C@H](O)c2ccc3c(c2)[C@H](C=C[C@H]3[C@H](O)Cc2ccccc2)c2cc[nH]c2NCC2=Cc3[nH]ccc3[C@H](C[C@]3(O)C=Cc4c(O)cccc4CC3)[C@H]2C(=O)[C@H]1CCO. The van der Waals surface area contributed by atoms with Crippen molar-refractivity contribution in [1.29, 1.82) is 0 Å². The first-order valence-electron chi connectivity index (χ1n) is 26.4. The van der Waals surface area contributed by atoms with Gasteiger partial charge in [0.2, 0.25) is 0 Å². The Balaban J connectivity index is 1.02. The lowest BCUT2D eigenvalue weighted by Crippen LogP contribution is -2.40. The zero-order valence-corrected chi connectivity index (χ0v) is 41.4. The number of benzene rings is 4. The minimum absolute atomic E-state index is 0.0660. The quantitative estimate of drug-likeness (QED) is 0.0495. The molecule has 11 rings (SSSR count). The van der Waals surface area contributed by atoms with E-state index in [1.807, 2.05) is 85.2 Å². The number of hydrogen-bond acceptors (Lipinski definition) is 10. The number of ketones is 2. The molecule has 6 aromatic rings. The van der Waals surface area contributed by atoms with E-state index in [0.717, 1.165) is 64.8 Å². The van der Waals surface area contributed by atoms with E-state index in [0.29, 0.717) is 47.3 Å². The van der Waals surface area contributed by atoms with Crippen LogP contribution in [0.5, 0.6) is 17.2 Å². The third kappa shape index (κ3) is 9.68. The van der Waals surface area contributed by atoms with Crippen molar-refractivity contribution in [2.75, 3.05) is 18.5 Å². The molecule has 4 aliphatic carbocycles. The summed E-state index contributed by atoms with van der Waals surface area (Å²) in [7, 11) is 0. The van der Waals surface area contributed by atoms with Gasteiger partial charge in [-0.3, -0.25) is 9.59 Å². The number of aliphatic hydroxyl groups is 4. The van der Waals surface area contributed by atoms with Crippen molar-refractivity contribution in [3.63, 3.8) is 0 Å². The number of rotatable bonds is 9. The van der Waals surface area contributed by atoms with Crippen molar-refractivity contribution in [3.05, 3.63) is 189 Å². The molecule has 3 heterocycles. The molecule has 1 fully saturated rings. The van der Waals surface area contributed by atoms with Gasteiger partial charge in [0, 0.05) is 78.0 Å². The van der Waals surface area contributed by atoms with Crippen molar-refractivity contribution in [2.45, 2.75) is 112 Å². The van der Waals surface area contributed by atoms with Crippen LogP contribution in [0.4, 0.5) is 5.82 Å². The predicted octanol–water partition coefficient (Wildman–Crippen LogP) is 9.62. The fraction of sp³-hybridized carbons (Fsp3) is 0.355. The number of phenols is 2. The van der Waals surface area contributed by atoms with Crippen LogP contribution < -0.4 is 10.1 Å². The lowest BCUT2D eigenvalue weighted by molar-refractivity contribution is -0.135. The molecule has 4 aromatic carbocycles. The second-order valence-corrected chi connectivity index (χ2v) is 21.2. The number of hydrogen-bond donors (Lipinski definition) is 9. The molecule has 2 aromatic heterocycles. The fourth-order valence-corrected chi connectivity index (χ4v) is 12.7. The van der Waals surface area contributed by atoms with E-state index in [4.69, 9.17) is 4.74 Å². The van der Waals surface area contributed by atoms with E-state index in [-0.39, 0.29) is 84.5 Å². The molecule has 0 amide bonds. The number of allylic oxidation sites excluding steroid dienone is 1. The van der Waals surface area contributed by atoms with Gasteiger partial charge in [0.15, 0.2) is 17.3 Å². The van der Waals surface area contributed by atoms with Gasteiger partial charge in [0.05, 0.1) is 23.7 Å². The minimum atomic E-state index is -1.40. The van der Waals surface area contributed by atoms with Crippen molar-refractivity contribution in [1.82, 2.24) is 9.97 Å². The Morgan fingerprint density at radius 1 is 0.811 bits per heavy atom. The molecular formula is C62H65N3O9. The minimum Gasteiger partial charge on any atom is -0.507 e. The first-order valence-corrected chi connectivity index (χ1v) is 26.4. The van der Waals surface area contributed by atoms with E-state index in [9.17, 15) is 35.4 Å². The second-order valence-electron chi connectivity index (χ2n) is 21.2. The van der Waals surface area contributed by atoms with Gasteiger partial charge in [-0.25, -0.2) is 0 Å². The van der Waals surface area contributed by atoms with Gasteiger partial charge in [-0.05, 0) is 145 Å². The average molecular weight is 996 g/mol. The number of fused-ring (bicyclic) bond motifs is 8. The Hall–Kier alpha value is -6.96. The average Bonchev–Trinajstić information content (AvgIpc) is 4.20. The number of carbonyl (C=O) groups excluding carboxylic acids is 2. The third-order valence-electron chi connectivity index (χ3n) is 16.6. The van der Waals surface area contributed by atoms with Crippen molar-refractivity contribution in [2.24, 2.45) is 11.8 Å². The van der Waals surface area contributed by atoms with Crippen LogP contribution in [0.3, 0.4) is 0 Å². The van der Waals surface area contributed by atoms with E-state index in [1.165, 1.54) is 0 Å². The van der Waals surface area contributed by atoms with E-state index in [1.54, 1.807) is 36.4 Å². The van der Waals surface area contributed by atoms with Crippen molar-refractivity contribution in [3.8, 4) is 17.2 Å². The normalized spacial score (nSPS) is 25.2. The lowest BCUT2D eigenvalue weighted by atomic mass is 9.66. The standard InChI is InChI=1S/C62H65N3O9/c66-28-23-48-54(68)18-13-37-29-50(59(71)56(31-37)74-41-10-4-5-11-41)58(70)39-14-15-43-46(55(69)30-36-7-2-1-3-8-36)17-16-44(49(43)32-39)47-22-27-64-61(47)65-35-40-33-52-45(21-26-63-52)51(57(40)60(48)72)34-62(73)24-19-38-9-6-12-53(67)42(38)20-25-62/h1-3,6-9,12,14-17,20-22,25-27,29,31-33,41,44,46,48,51,55,57-58,63-67,69-71,73H,4-5,10-11,13,18-19,23-24,28,30,34-35H2/t44-,46-,48+,51+,55-,57+,58-,62-/m1/s1. The highest BCUT2D eigenvalue weighted by molar-refractivity contribution is 6.05. The molecular weight excluding hydrogens is 931 g/mol. The molecule has 0 saturated heterocycles. The smallest absolute Gasteiger partial charge is 0.163 e. The van der Waals surface area contributed by atoms with Crippen LogP contribution >= 0.6 is 0 Å². The van der Waals surface area contributed by atoms with Gasteiger partial charge in [-0.2, -0.15) is 0 Å². The molecule has 0 spiro atoms. The lowest BCUT2D eigenvalue weighted by Gasteiger charge is -2.38. The van der Waals surface area contributed by atoms with Crippen LogP contribution in [0, 0.1) is 11.8 Å². The summed E-state index contributed by atoms with van der Waals surface area (Å²) in [4.78, 5) is 37.3. The molecule has 9 N–H and O–H groups in total. The molecule has 8 atom stereocenters. The van der Waals surface area contributed by atoms with E-state index >= 15 is 4.79 Å². The Bertz CT molecular complexity index is 3140. The zero-order chi connectivity index (χ0) is 51.1. The Morgan fingerprint density at radius 3 is 2.45 bits per heavy atom. The number of anilines is 1. The summed E-state index contributed by atoms with van der Waals surface area (Å²) in [6, 6.07) is 28.4. The first-order chi connectivity index (χ1) is 35.9. The van der Waals surface area contributed by atoms with Crippen LogP contribution in [0.1, 0.15) is 137 Å². The molecule has 382 valence electrons. The highest BCUT2D eigenvalue weighted by atomic mass is 16.5. The maximum absolute atomic E-state index is 15.7. The Morgan fingerprint density at radius 2 is 1.62 bits per heavy atom. The van der Waals surface area contributed by atoms with Crippen LogP contribution in [-0.2, 0) is 28.9 Å². The highest BCUT2D eigenvalue weighted by Crippen LogP contribution is 2.49. The topological polar surface area (TPSA) is 208 Å². The van der Waals surface area contributed by atoms with Gasteiger partial charge < -0.3 is 50.7 Å². The molecule has 5 aliphatic rings. The molecule has 1 saturated carbocycles. The number of aryl methyl sites for hydroxylation is 2. The summed E-state index contributed by atoms with van der Waals surface area (Å²) >= 11 is 0. The fourth-order valence-electron chi connectivity index (χ4n) is 12.7. The largest absolute Gasteiger partial charge is 0.507 e. The predicted molar refractivity (Wildman–Crippen MR) is 284 cm³/mol. The number of phenolic OH excluding ortho intramolecular Hbond substituents is 2. The maximum Gasteiger partial charge on any atom is 0.163 e. The highest BCUT2D eigenvalue weighted by Gasteiger charge is 2.45. The number of carbonyl (C=O) groups is 2. The summed E-state index contributed by atoms with van der Waals surface area (Å²) < 4.78 is 6.47. The molecule has 12 heteroatoms. The number of ether oxygens (including phenoxy) is 1. The molecule has 12 nitrogen and oxygen atoms in total. The Labute approximate surface area is 431 Å². The molecule has 1 aliphatic heterocycles. The van der Waals surface area contributed by atoms with Gasteiger partial charge in [-0.15, -0.1) is 0 Å². The number of aromatic nitrogens is 2. The van der Waals surface area contributed by atoms with Gasteiger partial charge in [0.1, 0.15) is 23.5 Å². The summed E-state index contributed by atoms with van der Waals surface area (Å²) in [5.74, 6) is -3.24. The summed E-state index contributed by atoms with van der Waals surface area (Å²) in [6.07, 6.45) is 16.2. The number of nitrogens with one attached hydrogen (secondary N) is 3. The summed E-state index contributed by atoms with van der Waals surface area (Å²) in [5.41, 5.74) is 7.54. The van der Waals surface area contributed by atoms with E-state index < -0.39 is 42.2 Å².